The molecule has 4 saturated heterocycles. The van der Waals surface area contributed by atoms with Gasteiger partial charge in [0.1, 0.15) is 0 Å². The number of nitrogens with one attached hydrogen (secondary N) is 1. The number of hydrogen-bond acceptors (Lipinski definition) is 6. The van der Waals surface area contributed by atoms with Crippen molar-refractivity contribution in [1.82, 2.24) is 25.0 Å². The van der Waals surface area contributed by atoms with Crippen LogP contribution in [0.2, 0.25) is 0 Å². The zero-order valence-electron chi connectivity index (χ0n) is 23.1. The number of carboxylic acid groups (broad SMARTS) is 2. The molecule has 3 amide bonds. The molecular formula is C26H33F6N5O6. The maximum Gasteiger partial charge on any atom is 0.490 e. The van der Waals surface area contributed by atoms with Crippen molar-refractivity contribution >= 4 is 23.9 Å². The number of fused-ring (bicyclic) bond motifs is 1. The molecule has 43 heavy (non-hydrogen) atoms. The lowest BCUT2D eigenvalue weighted by Crippen LogP contribution is -2.55. The number of carbonyl (C=O) groups is 4. The molecule has 0 aliphatic carbocycles. The Morgan fingerprint density at radius 3 is 1.86 bits per heavy atom. The van der Waals surface area contributed by atoms with Crippen molar-refractivity contribution in [2.45, 2.75) is 51.0 Å². The fourth-order valence-electron chi connectivity index (χ4n) is 6.25. The van der Waals surface area contributed by atoms with Crippen molar-refractivity contribution in [3.05, 3.63) is 30.1 Å². The van der Waals surface area contributed by atoms with E-state index in [1.165, 1.54) is 5.56 Å². The van der Waals surface area contributed by atoms with Crippen LogP contribution in [0.4, 0.5) is 31.1 Å². The van der Waals surface area contributed by atoms with Crippen molar-refractivity contribution < 1.29 is 55.7 Å². The number of aromatic nitrogens is 1. The van der Waals surface area contributed by atoms with Crippen LogP contribution < -0.4 is 5.32 Å². The van der Waals surface area contributed by atoms with Gasteiger partial charge in [-0.05, 0) is 43.7 Å². The van der Waals surface area contributed by atoms with Crippen LogP contribution >= 0.6 is 0 Å². The SMILES string of the molecule is O=C(N1CCCC1)N1CCC2(CC1)CN(Cc1cccnc1)CC21CCNC1=O.O=C(O)C(F)(F)F.O=C(O)C(F)(F)F. The molecule has 240 valence electrons. The predicted octanol–water partition coefficient (Wildman–Crippen LogP) is 2.97. The van der Waals surface area contributed by atoms with E-state index in [2.05, 4.69) is 21.3 Å². The number of piperidine rings is 1. The Labute approximate surface area is 242 Å². The van der Waals surface area contributed by atoms with E-state index in [0.29, 0.717) is 0 Å². The Morgan fingerprint density at radius 1 is 0.884 bits per heavy atom. The highest BCUT2D eigenvalue weighted by atomic mass is 19.4. The number of carboxylic acids is 2. The van der Waals surface area contributed by atoms with Gasteiger partial charge >= 0.3 is 30.3 Å². The number of carbonyl (C=O) groups excluding carboxylic acids is 2. The minimum Gasteiger partial charge on any atom is -0.475 e. The van der Waals surface area contributed by atoms with E-state index >= 15 is 0 Å². The van der Waals surface area contributed by atoms with Gasteiger partial charge in [0.25, 0.3) is 0 Å². The van der Waals surface area contributed by atoms with Gasteiger partial charge in [-0.25, -0.2) is 14.4 Å². The van der Waals surface area contributed by atoms with Gasteiger partial charge in [-0.2, -0.15) is 26.3 Å². The molecule has 5 rings (SSSR count). The highest BCUT2D eigenvalue weighted by Gasteiger charge is 2.63. The minimum atomic E-state index is -5.08. The van der Waals surface area contributed by atoms with Gasteiger partial charge in [0, 0.05) is 70.2 Å². The van der Waals surface area contributed by atoms with Gasteiger partial charge in [0.2, 0.25) is 5.91 Å². The highest BCUT2D eigenvalue weighted by molar-refractivity contribution is 5.86. The molecule has 3 N–H and O–H groups in total. The summed E-state index contributed by atoms with van der Waals surface area (Å²) in [6.45, 7) is 6.68. The zero-order valence-corrected chi connectivity index (χ0v) is 23.1. The largest absolute Gasteiger partial charge is 0.490 e. The molecule has 4 aliphatic rings. The van der Waals surface area contributed by atoms with Gasteiger partial charge in [0.05, 0.1) is 5.41 Å². The van der Waals surface area contributed by atoms with Gasteiger partial charge in [-0.15, -0.1) is 0 Å². The summed E-state index contributed by atoms with van der Waals surface area (Å²) in [4.78, 5) is 54.4. The molecule has 2 spiro atoms. The number of urea groups is 1. The maximum atomic E-state index is 13.1. The van der Waals surface area contributed by atoms with Gasteiger partial charge in [-0.1, -0.05) is 6.07 Å². The molecule has 1 unspecified atom stereocenters. The van der Waals surface area contributed by atoms with Crippen LogP contribution in [0.5, 0.6) is 0 Å². The summed E-state index contributed by atoms with van der Waals surface area (Å²) in [7, 11) is 0. The van der Waals surface area contributed by atoms with Crippen LogP contribution in [-0.2, 0) is 20.9 Å². The number of likely N-dealkylation sites (tertiary alicyclic amines) is 3. The number of pyridine rings is 1. The Bertz CT molecular complexity index is 1130. The molecule has 0 radical (unpaired) electrons. The summed E-state index contributed by atoms with van der Waals surface area (Å²) in [5.41, 5.74) is 0.856. The van der Waals surface area contributed by atoms with Gasteiger partial charge in [-0.3, -0.25) is 14.7 Å². The lowest BCUT2D eigenvalue weighted by Gasteiger charge is -2.47. The van der Waals surface area contributed by atoms with Crippen molar-refractivity contribution in [2.24, 2.45) is 10.8 Å². The predicted molar refractivity (Wildman–Crippen MR) is 136 cm³/mol. The first-order valence-electron chi connectivity index (χ1n) is 13.5. The smallest absolute Gasteiger partial charge is 0.475 e. The highest BCUT2D eigenvalue weighted by Crippen LogP contribution is 2.56. The molecule has 4 aliphatic heterocycles. The minimum absolute atomic E-state index is 0.0302. The number of alkyl halides is 6. The molecule has 1 aromatic heterocycles. The van der Waals surface area contributed by atoms with Crippen LogP contribution in [0.3, 0.4) is 0 Å². The monoisotopic (exact) mass is 625 g/mol. The topological polar surface area (TPSA) is 143 Å². The quantitative estimate of drug-likeness (QED) is 0.426. The number of rotatable bonds is 2. The third kappa shape index (κ3) is 8.06. The third-order valence-electron chi connectivity index (χ3n) is 8.29. The van der Waals surface area contributed by atoms with E-state index < -0.39 is 24.3 Å². The van der Waals surface area contributed by atoms with Crippen LogP contribution in [0.1, 0.15) is 37.7 Å². The fourth-order valence-corrected chi connectivity index (χ4v) is 6.25. The van der Waals surface area contributed by atoms with E-state index in [0.717, 1.165) is 84.5 Å². The van der Waals surface area contributed by atoms with E-state index in [4.69, 9.17) is 19.8 Å². The fraction of sp³-hybridized carbons (Fsp3) is 0.654. The first-order valence-corrected chi connectivity index (χ1v) is 13.5. The second-order valence-electron chi connectivity index (χ2n) is 10.9. The number of halogens is 6. The van der Waals surface area contributed by atoms with Gasteiger partial charge < -0.3 is 25.3 Å². The summed E-state index contributed by atoms with van der Waals surface area (Å²) >= 11 is 0. The van der Waals surface area contributed by atoms with Crippen molar-refractivity contribution in [2.75, 3.05) is 45.8 Å². The zero-order chi connectivity index (χ0) is 32.1. The molecule has 11 nitrogen and oxygen atoms in total. The molecule has 1 aromatic rings. The van der Waals surface area contributed by atoms with E-state index in [1.807, 2.05) is 22.1 Å². The summed E-state index contributed by atoms with van der Waals surface area (Å²) in [6, 6.07) is 4.28. The normalized spacial score (nSPS) is 23.3. The molecule has 1 atom stereocenters. The van der Waals surface area contributed by atoms with E-state index in [9.17, 15) is 35.9 Å². The van der Waals surface area contributed by atoms with E-state index in [1.54, 1.807) is 6.20 Å². The molecule has 0 bridgehead atoms. The molecule has 0 aromatic carbocycles. The molecule has 4 fully saturated rings. The second-order valence-corrected chi connectivity index (χ2v) is 10.9. The Balaban J connectivity index is 0.000000303. The average Bonchev–Trinajstić information content (AvgIpc) is 3.66. The van der Waals surface area contributed by atoms with Crippen molar-refractivity contribution in [3.8, 4) is 0 Å². The lowest BCUT2D eigenvalue weighted by atomic mass is 9.60. The Kier molecular flexibility index (Phi) is 10.5. The number of aliphatic carboxylic acids is 2. The second kappa shape index (κ2) is 13.3. The van der Waals surface area contributed by atoms with Crippen molar-refractivity contribution in [3.63, 3.8) is 0 Å². The first kappa shape index (κ1) is 33.9. The van der Waals surface area contributed by atoms with Crippen LogP contribution in [0.15, 0.2) is 24.5 Å². The third-order valence-corrected chi connectivity index (χ3v) is 8.29. The van der Waals surface area contributed by atoms with Crippen LogP contribution in [-0.4, -0.2) is 112 Å². The maximum absolute atomic E-state index is 13.1. The molecular weight excluding hydrogens is 592 g/mol. The van der Waals surface area contributed by atoms with Gasteiger partial charge in [0.15, 0.2) is 0 Å². The van der Waals surface area contributed by atoms with E-state index in [-0.39, 0.29) is 22.8 Å². The molecule has 0 saturated carbocycles. The Morgan fingerprint density at radius 2 is 1.42 bits per heavy atom. The first-order chi connectivity index (χ1) is 20.0. The molecule has 17 heteroatoms. The standard InChI is InChI=1S/C22H31N5O2.2C2HF3O2/c28-19-22(5-9-24-19)17-25(15-18-4-3-8-23-14-18)16-21(22)6-12-27(13-7-21)20(29)26-10-1-2-11-26;2*3-2(4,5)1(6)7/h3-4,8,14H,1-2,5-7,9-13,15-17H2,(H,24,28);2*(H,6,7). The summed E-state index contributed by atoms with van der Waals surface area (Å²) in [5, 5.41) is 17.4. The summed E-state index contributed by atoms with van der Waals surface area (Å²) < 4.78 is 63.5. The van der Waals surface area contributed by atoms with Crippen LogP contribution in [0, 0.1) is 10.8 Å². The average molecular weight is 626 g/mol. The van der Waals surface area contributed by atoms with Crippen LogP contribution in [0.25, 0.3) is 0 Å². The van der Waals surface area contributed by atoms with Crippen molar-refractivity contribution in [1.29, 1.82) is 0 Å². The molecule has 5 heterocycles. The Hall–Kier alpha value is -3.63. The lowest BCUT2D eigenvalue weighted by molar-refractivity contribution is -0.193. The summed E-state index contributed by atoms with van der Waals surface area (Å²) in [5.74, 6) is -5.29. The number of nitrogens with zero attached hydrogens (tertiary/aromatic N) is 4. The number of amides is 3. The number of hydrogen-bond donors (Lipinski definition) is 3. The summed E-state index contributed by atoms with van der Waals surface area (Å²) in [6.07, 6.45) is -1.45.